The summed E-state index contributed by atoms with van der Waals surface area (Å²) in [7, 11) is 0. The van der Waals surface area contributed by atoms with Crippen molar-refractivity contribution in [2.75, 3.05) is 19.7 Å². The first kappa shape index (κ1) is 20.9. The SMILES string of the molecule is CC(C)C(C(=O)N1CCOC(c2ccc(Br)cc2)C1)n1cnc2cc(F)c(F)cc21. The summed E-state index contributed by atoms with van der Waals surface area (Å²) >= 11 is 3.43. The number of nitrogens with zero attached hydrogens (tertiary/aromatic N) is 3. The summed E-state index contributed by atoms with van der Waals surface area (Å²) < 4.78 is 36.0. The van der Waals surface area contributed by atoms with E-state index in [2.05, 4.69) is 20.9 Å². The molecule has 2 atom stereocenters. The molecule has 0 spiro atoms. The third-order valence-corrected chi connectivity index (χ3v) is 5.95. The lowest BCUT2D eigenvalue weighted by atomic mass is 10.0. The standard InChI is InChI=1S/C22H22BrF2N3O2/c1-13(2)21(28-12-26-18-9-16(24)17(25)10-19(18)28)22(29)27-7-8-30-20(11-27)14-3-5-15(23)6-4-14/h3-6,9-10,12-13,20-21H,7-8,11H2,1-2H3. The van der Waals surface area contributed by atoms with Crippen LogP contribution in [0.1, 0.15) is 31.6 Å². The fourth-order valence-electron chi connectivity index (χ4n) is 3.89. The van der Waals surface area contributed by atoms with Crippen LogP contribution in [0.2, 0.25) is 0 Å². The number of amides is 1. The smallest absolute Gasteiger partial charge is 0.246 e. The molecule has 2 aromatic carbocycles. The van der Waals surface area contributed by atoms with E-state index < -0.39 is 17.7 Å². The molecule has 1 aromatic heterocycles. The third kappa shape index (κ3) is 3.98. The maximum Gasteiger partial charge on any atom is 0.246 e. The van der Waals surface area contributed by atoms with Crippen molar-refractivity contribution in [2.24, 2.45) is 5.92 Å². The fourth-order valence-corrected chi connectivity index (χ4v) is 4.15. The molecule has 30 heavy (non-hydrogen) atoms. The average Bonchev–Trinajstić information content (AvgIpc) is 3.11. The van der Waals surface area contributed by atoms with Crippen molar-refractivity contribution in [3.63, 3.8) is 0 Å². The van der Waals surface area contributed by atoms with Crippen molar-refractivity contribution in [1.82, 2.24) is 14.5 Å². The first-order chi connectivity index (χ1) is 14.3. The van der Waals surface area contributed by atoms with Crippen LogP contribution in [0, 0.1) is 17.6 Å². The molecule has 1 aliphatic rings. The molecule has 0 aliphatic carbocycles. The van der Waals surface area contributed by atoms with E-state index in [4.69, 9.17) is 4.74 Å². The van der Waals surface area contributed by atoms with E-state index in [0.717, 1.165) is 22.2 Å². The van der Waals surface area contributed by atoms with Gasteiger partial charge in [-0.05, 0) is 23.6 Å². The second kappa shape index (κ2) is 8.43. The number of carbonyl (C=O) groups excluding carboxylic acids is 1. The molecule has 2 unspecified atom stereocenters. The number of aromatic nitrogens is 2. The average molecular weight is 478 g/mol. The summed E-state index contributed by atoms with van der Waals surface area (Å²) in [4.78, 5) is 19.5. The van der Waals surface area contributed by atoms with Gasteiger partial charge in [-0.1, -0.05) is 41.9 Å². The minimum atomic E-state index is -0.958. The number of hydrogen-bond donors (Lipinski definition) is 0. The zero-order valence-electron chi connectivity index (χ0n) is 16.7. The number of imidazole rings is 1. The molecule has 8 heteroatoms. The van der Waals surface area contributed by atoms with Crippen LogP contribution in [0.5, 0.6) is 0 Å². The van der Waals surface area contributed by atoms with Crippen molar-refractivity contribution >= 4 is 32.9 Å². The first-order valence-corrected chi connectivity index (χ1v) is 10.6. The van der Waals surface area contributed by atoms with E-state index in [-0.39, 0.29) is 17.9 Å². The molecular formula is C22H22BrF2N3O2. The van der Waals surface area contributed by atoms with E-state index in [9.17, 15) is 13.6 Å². The number of halogens is 3. The maximum atomic E-state index is 13.9. The monoisotopic (exact) mass is 477 g/mol. The van der Waals surface area contributed by atoms with Gasteiger partial charge >= 0.3 is 0 Å². The number of hydrogen-bond acceptors (Lipinski definition) is 3. The van der Waals surface area contributed by atoms with Crippen LogP contribution in [-0.2, 0) is 9.53 Å². The van der Waals surface area contributed by atoms with Crippen molar-refractivity contribution in [2.45, 2.75) is 26.0 Å². The van der Waals surface area contributed by atoms with Gasteiger partial charge < -0.3 is 14.2 Å². The molecule has 0 radical (unpaired) electrons. The topological polar surface area (TPSA) is 47.4 Å². The largest absolute Gasteiger partial charge is 0.370 e. The van der Waals surface area contributed by atoms with Crippen molar-refractivity contribution in [1.29, 1.82) is 0 Å². The molecule has 1 aliphatic heterocycles. The Morgan fingerprint density at radius 3 is 2.60 bits per heavy atom. The number of ether oxygens (including phenoxy) is 1. The van der Waals surface area contributed by atoms with Gasteiger partial charge in [0, 0.05) is 23.2 Å². The highest BCUT2D eigenvalue weighted by molar-refractivity contribution is 9.10. The quantitative estimate of drug-likeness (QED) is 0.538. The van der Waals surface area contributed by atoms with E-state index in [1.165, 1.54) is 6.33 Å². The third-order valence-electron chi connectivity index (χ3n) is 5.42. The summed E-state index contributed by atoms with van der Waals surface area (Å²) in [5, 5.41) is 0. The second-order valence-corrected chi connectivity index (χ2v) is 8.71. The summed E-state index contributed by atoms with van der Waals surface area (Å²) in [6, 6.07) is 9.42. The van der Waals surface area contributed by atoms with Crippen LogP contribution >= 0.6 is 15.9 Å². The summed E-state index contributed by atoms with van der Waals surface area (Å²) in [6.07, 6.45) is 1.27. The Bertz CT molecular complexity index is 1070. The van der Waals surface area contributed by atoms with E-state index in [0.29, 0.717) is 30.7 Å². The summed E-state index contributed by atoms with van der Waals surface area (Å²) in [6.45, 7) is 5.20. The van der Waals surface area contributed by atoms with Crippen molar-refractivity contribution in [3.05, 3.63) is 64.4 Å². The number of morpholine rings is 1. The van der Waals surface area contributed by atoms with Gasteiger partial charge in [-0.3, -0.25) is 4.79 Å². The molecule has 158 valence electrons. The lowest BCUT2D eigenvalue weighted by molar-refractivity contribution is -0.143. The lowest BCUT2D eigenvalue weighted by Crippen LogP contribution is -2.46. The van der Waals surface area contributed by atoms with Gasteiger partial charge in [0.1, 0.15) is 12.1 Å². The number of rotatable bonds is 4. The Morgan fingerprint density at radius 2 is 1.90 bits per heavy atom. The van der Waals surface area contributed by atoms with Gasteiger partial charge in [-0.25, -0.2) is 13.8 Å². The molecule has 0 N–H and O–H groups in total. The molecule has 0 saturated carbocycles. The Hall–Kier alpha value is -2.32. The molecule has 1 saturated heterocycles. The van der Waals surface area contributed by atoms with Gasteiger partial charge in [-0.2, -0.15) is 0 Å². The van der Waals surface area contributed by atoms with Crippen LogP contribution in [0.15, 0.2) is 47.2 Å². The molecule has 0 bridgehead atoms. The van der Waals surface area contributed by atoms with Crippen molar-refractivity contribution < 1.29 is 18.3 Å². The lowest BCUT2D eigenvalue weighted by Gasteiger charge is -2.36. The molecular weight excluding hydrogens is 456 g/mol. The number of fused-ring (bicyclic) bond motifs is 1. The maximum absolute atomic E-state index is 13.9. The Morgan fingerprint density at radius 1 is 1.20 bits per heavy atom. The zero-order chi connectivity index (χ0) is 21.4. The molecule has 2 heterocycles. The van der Waals surface area contributed by atoms with E-state index >= 15 is 0 Å². The molecule has 1 amide bonds. The Labute approximate surface area is 181 Å². The predicted octanol–water partition coefficient (Wildman–Crippen LogP) is 4.87. The number of carbonyl (C=O) groups is 1. The molecule has 3 aromatic rings. The minimum Gasteiger partial charge on any atom is -0.370 e. The highest BCUT2D eigenvalue weighted by atomic mass is 79.9. The molecule has 1 fully saturated rings. The molecule has 5 nitrogen and oxygen atoms in total. The van der Waals surface area contributed by atoms with Crippen LogP contribution in [0.4, 0.5) is 8.78 Å². The van der Waals surface area contributed by atoms with Gasteiger partial charge in [-0.15, -0.1) is 0 Å². The normalized spacial score (nSPS) is 18.2. The highest BCUT2D eigenvalue weighted by Crippen LogP contribution is 2.30. The Kier molecular flexibility index (Phi) is 5.88. The first-order valence-electron chi connectivity index (χ1n) is 9.82. The van der Waals surface area contributed by atoms with Gasteiger partial charge in [0.25, 0.3) is 0 Å². The number of benzene rings is 2. The van der Waals surface area contributed by atoms with Crippen LogP contribution in [0.25, 0.3) is 11.0 Å². The van der Waals surface area contributed by atoms with Crippen molar-refractivity contribution in [3.8, 4) is 0 Å². The fraction of sp³-hybridized carbons (Fsp3) is 0.364. The van der Waals surface area contributed by atoms with Crippen LogP contribution < -0.4 is 0 Å². The predicted molar refractivity (Wildman–Crippen MR) is 113 cm³/mol. The van der Waals surface area contributed by atoms with E-state index in [1.54, 1.807) is 9.47 Å². The van der Waals surface area contributed by atoms with Gasteiger partial charge in [0.2, 0.25) is 5.91 Å². The molecule has 4 rings (SSSR count). The summed E-state index contributed by atoms with van der Waals surface area (Å²) in [5.41, 5.74) is 1.73. The summed E-state index contributed by atoms with van der Waals surface area (Å²) in [5.74, 6) is -2.07. The minimum absolute atomic E-state index is 0.0722. The second-order valence-electron chi connectivity index (χ2n) is 7.79. The Balaban J connectivity index is 1.62. The van der Waals surface area contributed by atoms with Crippen LogP contribution in [-0.4, -0.2) is 40.1 Å². The van der Waals surface area contributed by atoms with Crippen LogP contribution in [0.3, 0.4) is 0 Å². The van der Waals surface area contributed by atoms with Gasteiger partial charge in [0.05, 0.1) is 30.5 Å². The van der Waals surface area contributed by atoms with Gasteiger partial charge in [0.15, 0.2) is 11.6 Å². The van der Waals surface area contributed by atoms with E-state index in [1.807, 2.05) is 38.1 Å². The zero-order valence-corrected chi connectivity index (χ0v) is 18.3. The highest BCUT2D eigenvalue weighted by Gasteiger charge is 2.33.